The van der Waals surface area contributed by atoms with Gasteiger partial charge in [-0.25, -0.2) is 0 Å². The Morgan fingerprint density at radius 2 is 1.38 bits per heavy atom. The molecule has 0 amide bonds. The largest absolute Gasteiger partial charge is 0.459 e. The molecule has 1 N–H and O–H groups in total. The molecule has 0 saturated carbocycles. The molecular weight excluding hydrogens is 341 g/mol. The first-order valence-electron chi connectivity index (χ1n) is 7.24. The summed E-state index contributed by atoms with van der Waals surface area (Å²) in [6.45, 7) is 4.68. The van der Waals surface area contributed by atoms with E-state index in [0.29, 0.717) is 12.3 Å². The van der Waals surface area contributed by atoms with Crippen LogP contribution in [-0.2, 0) is 12.0 Å². The molecule has 24 heavy (non-hydrogen) atoms. The molecule has 0 saturated heterocycles. The third-order valence-electron chi connectivity index (χ3n) is 3.60. The van der Waals surface area contributed by atoms with Crippen LogP contribution in [0.1, 0.15) is 38.3 Å². The van der Waals surface area contributed by atoms with Gasteiger partial charge < -0.3 is 5.11 Å². The minimum absolute atomic E-state index is 0.160. The average molecular weight is 360 g/mol. The first-order chi connectivity index (χ1) is 10.6. The molecule has 0 aliphatic carbocycles. The Hall–Kier alpha value is -1.31. The summed E-state index contributed by atoms with van der Waals surface area (Å²) in [5, 5.41) is 10.0. The van der Waals surface area contributed by atoms with Gasteiger partial charge in [-0.15, -0.1) is 0 Å². The van der Waals surface area contributed by atoms with E-state index in [9.17, 15) is 35.8 Å². The zero-order valence-corrected chi connectivity index (χ0v) is 13.4. The van der Waals surface area contributed by atoms with Gasteiger partial charge in [0, 0.05) is 0 Å². The first-order valence-corrected chi connectivity index (χ1v) is 7.24. The summed E-state index contributed by atoms with van der Waals surface area (Å²) in [4.78, 5) is 0. The van der Waals surface area contributed by atoms with Crippen molar-refractivity contribution >= 4 is 0 Å². The van der Waals surface area contributed by atoms with Crippen molar-refractivity contribution < 1.29 is 35.8 Å². The van der Waals surface area contributed by atoms with Crippen LogP contribution in [0.15, 0.2) is 24.3 Å². The zero-order valence-electron chi connectivity index (χ0n) is 13.4. The fraction of sp³-hybridized carbons (Fsp3) is 0.625. The van der Waals surface area contributed by atoms with E-state index in [1.807, 2.05) is 13.8 Å². The van der Waals surface area contributed by atoms with E-state index in [4.69, 9.17) is 0 Å². The van der Waals surface area contributed by atoms with E-state index in [1.54, 1.807) is 0 Å². The molecule has 1 atom stereocenters. The van der Waals surface area contributed by atoms with Crippen molar-refractivity contribution in [1.29, 1.82) is 0 Å². The van der Waals surface area contributed by atoms with Gasteiger partial charge in [0.15, 0.2) is 0 Å². The van der Waals surface area contributed by atoms with Gasteiger partial charge in [0.25, 0.3) is 0 Å². The Kier molecular flexibility index (Phi) is 5.65. The molecule has 8 heteroatoms. The summed E-state index contributed by atoms with van der Waals surface area (Å²) in [5.41, 5.74) is -1.88. The Labute approximate surface area is 135 Å². The van der Waals surface area contributed by atoms with Crippen LogP contribution in [0.25, 0.3) is 0 Å². The van der Waals surface area contributed by atoms with Crippen LogP contribution in [0.2, 0.25) is 0 Å². The van der Waals surface area contributed by atoms with E-state index in [0.717, 1.165) is 12.5 Å². The highest BCUT2D eigenvalue weighted by molar-refractivity contribution is 5.27. The van der Waals surface area contributed by atoms with Gasteiger partial charge in [-0.3, -0.25) is 0 Å². The van der Waals surface area contributed by atoms with Crippen LogP contribution in [0.3, 0.4) is 0 Å². The van der Waals surface area contributed by atoms with Gasteiger partial charge in [0.1, 0.15) is 0 Å². The lowest BCUT2D eigenvalue weighted by Gasteiger charge is -2.34. The number of aliphatic hydroxyl groups is 1. The average Bonchev–Trinajstić information content (AvgIpc) is 2.35. The predicted molar refractivity (Wildman–Crippen MR) is 75.1 cm³/mol. The number of hydrogen-bond donors (Lipinski definition) is 1. The highest BCUT2D eigenvalue weighted by atomic mass is 19.4. The maximum absolute atomic E-state index is 13.5. The fourth-order valence-corrected chi connectivity index (χ4v) is 2.32. The molecule has 0 fully saturated rings. The van der Waals surface area contributed by atoms with Crippen LogP contribution in [-0.4, -0.2) is 23.1 Å². The van der Waals surface area contributed by atoms with Crippen LogP contribution in [0.5, 0.6) is 0 Å². The molecule has 1 aromatic carbocycles. The fourth-order valence-electron chi connectivity index (χ4n) is 2.32. The molecule has 1 aromatic rings. The van der Waals surface area contributed by atoms with Gasteiger partial charge in [-0.1, -0.05) is 38.1 Å². The third-order valence-corrected chi connectivity index (χ3v) is 3.60. The number of alkyl halides is 7. The first kappa shape index (κ1) is 20.7. The Balaban J connectivity index is 3.04. The molecule has 1 rings (SSSR count). The summed E-state index contributed by atoms with van der Waals surface area (Å²) in [6.07, 6.45) is -7.80. The number of rotatable bonds is 6. The number of hydrogen-bond acceptors (Lipinski definition) is 1. The molecule has 0 aliphatic rings. The molecule has 0 bridgehead atoms. The normalized spacial score (nSPS) is 16.3. The lowest BCUT2D eigenvalue weighted by Crippen LogP contribution is -2.54. The molecule has 1 nitrogen and oxygen atoms in total. The van der Waals surface area contributed by atoms with Gasteiger partial charge in [-0.05, 0) is 30.4 Å². The van der Waals surface area contributed by atoms with E-state index >= 15 is 0 Å². The van der Waals surface area contributed by atoms with Crippen molar-refractivity contribution in [3.05, 3.63) is 35.4 Å². The lowest BCUT2D eigenvalue weighted by atomic mass is 9.86. The maximum Gasteiger partial charge on any atom is 0.459 e. The highest BCUT2D eigenvalue weighted by Gasteiger charge is 2.73. The minimum atomic E-state index is -6.41. The number of halogens is 7. The molecule has 0 heterocycles. The Bertz CT molecular complexity index is 545. The van der Waals surface area contributed by atoms with Gasteiger partial charge >= 0.3 is 18.0 Å². The molecule has 0 spiro atoms. The van der Waals surface area contributed by atoms with Crippen LogP contribution in [0, 0.1) is 5.92 Å². The van der Waals surface area contributed by atoms with Crippen LogP contribution in [0.4, 0.5) is 30.7 Å². The van der Waals surface area contributed by atoms with Crippen molar-refractivity contribution in [2.45, 2.75) is 57.2 Å². The molecular formula is C16H19F7O. The summed E-state index contributed by atoms with van der Waals surface area (Å²) < 4.78 is 89.5. The molecule has 0 radical (unpaired) electrons. The zero-order chi connectivity index (χ0) is 19.0. The molecule has 0 aliphatic heterocycles. The van der Waals surface area contributed by atoms with Crippen LogP contribution < -0.4 is 0 Å². The molecule has 138 valence electrons. The van der Waals surface area contributed by atoms with Crippen molar-refractivity contribution in [3.63, 3.8) is 0 Å². The third kappa shape index (κ3) is 4.40. The standard InChI is InChI=1S/C16H19F7O/c1-10(2)8-11-4-6-12(7-5-11)13(3,24)9-14(17,18)15(19,20)16(21,22)23/h4-7,10,24H,8-9H2,1-3H3. The Morgan fingerprint density at radius 3 is 1.75 bits per heavy atom. The summed E-state index contributed by atoms with van der Waals surface area (Å²) in [7, 11) is 0. The van der Waals surface area contributed by atoms with E-state index in [-0.39, 0.29) is 5.56 Å². The highest BCUT2D eigenvalue weighted by Crippen LogP contribution is 2.50. The van der Waals surface area contributed by atoms with Gasteiger partial charge in [0.2, 0.25) is 0 Å². The summed E-state index contributed by atoms with van der Waals surface area (Å²) >= 11 is 0. The number of benzene rings is 1. The predicted octanol–water partition coefficient (Wildman–Crippen LogP) is 5.32. The van der Waals surface area contributed by atoms with Crippen molar-refractivity contribution in [1.82, 2.24) is 0 Å². The second-order valence-corrected chi connectivity index (χ2v) is 6.52. The SMILES string of the molecule is CC(C)Cc1ccc(C(C)(O)CC(F)(F)C(F)(F)C(F)(F)F)cc1. The minimum Gasteiger partial charge on any atom is -0.385 e. The maximum atomic E-state index is 13.5. The Morgan fingerprint density at radius 1 is 0.917 bits per heavy atom. The monoisotopic (exact) mass is 360 g/mol. The molecule has 1 unspecified atom stereocenters. The van der Waals surface area contributed by atoms with Crippen molar-refractivity contribution in [2.24, 2.45) is 5.92 Å². The summed E-state index contributed by atoms with van der Waals surface area (Å²) in [6, 6.07) is 5.53. The smallest absolute Gasteiger partial charge is 0.385 e. The van der Waals surface area contributed by atoms with Crippen molar-refractivity contribution in [2.75, 3.05) is 0 Å². The summed E-state index contributed by atoms with van der Waals surface area (Å²) in [5.74, 6) is -11.4. The van der Waals surface area contributed by atoms with Gasteiger partial charge in [-0.2, -0.15) is 30.7 Å². The topological polar surface area (TPSA) is 20.2 Å². The van der Waals surface area contributed by atoms with E-state index in [1.165, 1.54) is 24.3 Å². The van der Waals surface area contributed by atoms with Crippen molar-refractivity contribution in [3.8, 4) is 0 Å². The van der Waals surface area contributed by atoms with E-state index < -0.39 is 30.0 Å². The lowest BCUT2D eigenvalue weighted by molar-refractivity contribution is -0.361. The van der Waals surface area contributed by atoms with Crippen LogP contribution >= 0.6 is 0 Å². The second-order valence-electron chi connectivity index (χ2n) is 6.52. The van der Waals surface area contributed by atoms with E-state index in [2.05, 4.69) is 0 Å². The van der Waals surface area contributed by atoms with Gasteiger partial charge in [0.05, 0.1) is 12.0 Å². The molecule has 0 aromatic heterocycles. The quantitative estimate of drug-likeness (QED) is 0.681. The second kappa shape index (κ2) is 6.54.